The molecule has 0 saturated carbocycles. The first-order chi connectivity index (χ1) is 9.08. The molecule has 6 heteroatoms. The number of hydrogen-bond donors (Lipinski definition) is 1. The second-order valence-corrected chi connectivity index (χ2v) is 4.17. The van der Waals surface area contributed by atoms with E-state index in [0.29, 0.717) is 17.1 Å². The number of aliphatic carboxylic acids is 1. The highest BCUT2D eigenvalue weighted by Crippen LogP contribution is 2.36. The second kappa shape index (κ2) is 5.17. The summed E-state index contributed by atoms with van der Waals surface area (Å²) in [6, 6.07) is 5.06. The molecule has 1 aliphatic rings. The quantitative estimate of drug-likeness (QED) is 0.648. The number of benzene rings is 1. The van der Waals surface area contributed by atoms with E-state index in [-0.39, 0.29) is 6.61 Å². The first kappa shape index (κ1) is 13.2. The average Bonchev–Trinajstić information content (AvgIpc) is 2.79. The Hall–Kier alpha value is -2.24. The van der Waals surface area contributed by atoms with Crippen molar-refractivity contribution in [2.45, 2.75) is 5.92 Å². The molecule has 1 heterocycles. The number of methoxy groups -OCH3 is 2. The molecular weight excluding hydrogens is 252 g/mol. The molecule has 0 bridgehead atoms. The van der Waals surface area contributed by atoms with Gasteiger partial charge in [0.2, 0.25) is 0 Å². The normalized spacial score (nSPS) is 21.9. The zero-order valence-corrected chi connectivity index (χ0v) is 10.6. The molecule has 1 fully saturated rings. The maximum absolute atomic E-state index is 11.4. The Bertz CT molecular complexity index is 510. The van der Waals surface area contributed by atoms with Gasteiger partial charge in [-0.2, -0.15) is 0 Å². The minimum atomic E-state index is -1.18. The molecule has 1 saturated heterocycles. The van der Waals surface area contributed by atoms with Crippen LogP contribution in [-0.2, 0) is 14.3 Å². The van der Waals surface area contributed by atoms with Crippen molar-refractivity contribution in [1.82, 2.24) is 0 Å². The van der Waals surface area contributed by atoms with Gasteiger partial charge in [0.05, 0.1) is 20.8 Å². The number of hydrogen-bond acceptors (Lipinski definition) is 5. The summed E-state index contributed by atoms with van der Waals surface area (Å²) in [7, 11) is 3.01. The lowest BCUT2D eigenvalue weighted by molar-refractivity contribution is -0.152. The van der Waals surface area contributed by atoms with Crippen molar-refractivity contribution in [1.29, 1.82) is 0 Å². The van der Waals surface area contributed by atoms with Gasteiger partial charge in [-0.3, -0.25) is 9.59 Å². The van der Waals surface area contributed by atoms with Crippen molar-refractivity contribution in [3.05, 3.63) is 23.8 Å². The third-order valence-corrected chi connectivity index (χ3v) is 3.16. The van der Waals surface area contributed by atoms with Crippen LogP contribution in [0.15, 0.2) is 18.2 Å². The highest BCUT2D eigenvalue weighted by atomic mass is 16.5. The van der Waals surface area contributed by atoms with Crippen molar-refractivity contribution in [3.8, 4) is 11.5 Å². The molecule has 2 rings (SSSR count). The molecule has 1 N–H and O–H groups in total. The first-order valence-electron chi connectivity index (χ1n) is 5.70. The number of carbonyl (C=O) groups is 2. The summed E-state index contributed by atoms with van der Waals surface area (Å²) < 4.78 is 15.1. The van der Waals surface area contributed by atoms with Crippen LogP contribution < -0.4 is 9.47 Å². The van der Waals surface area contributed by atoms with Crippen molar-refractivity contribution < 1.29 is 28.9 Å². The van der Waals surface area contributed by atoms with Crippen molar-refractivity contribution >= 4 is 11.9 Å². The number of esters is 1. The van der Waals surface area contributed by atoms with Gasteiger partial charge in [0, 0.05) is 5.92 Å². The highest BCUT2D eigenvalue weighted by Gasteiger charge is 2.43. The largest absolute Gasteiger partial charge is 0.493 e. The number of carboxylic acid groups (broad SMARTS) is 1. The summed E-state index contributed by atoms with van der Waals surface area (Å²) in [5.41, 5.74) is 0.677. The fraction of sp³-hybridized carbons (Fsp3) is 0.385. The van der Waals surface area contributed by atoms with Gasteiger partial charge in [0.15, 0.2) is 17.4 Å². The number of rotatable bonds is 4. The third-order valence-electron chi connectivity index (χ3n) is 3.16. The lowest BCUT2D eigenvalue weighted by atomic mass is 9.88. The van der Waals surface area contributed by atoms with E-state index in [1.165, 1.54) is 14.2 Å². The molecule has 0 aromatic heterocycles. The van der Waals surface area contributed by atoms with Crippen LogP contribution in [-0.4, -0.2) is 37.9 Å². The molecular formula is C13H14O6. The average molecular weight is 266 g/mol. The van der Waals surface area contributed by atoms with Gasteiger partial charge >= 0.3 is 11.9 Å². The standard InChI is InChI=1S/C13H14O6/c1-17-9-4-3-7(5-10(9)18-2)8-6-19-13(16)11(8)12(14)15/h3-5,8,11H,6H2,1-2H3,(H,14,15)/t8-,11+/m0/s1. The van der Waals surface area contributed by atoms with E-state index in [9.17, 15) is 9.59 Å². The molecule has 0 radical (unpaired) electrons. The van der Waals surface area contributed by atoms with Gasteiger partial charge in [0.1, 0.15) is 0 Å². The molecule has 1 aromatic rings. The zero-order valence-electron chi connectivity index (χ0n) is 10.6. The summed E-state index contributed by atoms with van der Waals surface area (Å²) in [6.45, 7) is 0.0608. The molecule has 0 aliphatic carbocycles. The van der Waals surface area contributed by atoms with Gasteiger partial charge in [-0.1, -0.05) is 6.07 Å². The van der Waals surface area contributed by atoms with Crippen LogP contribution in [0, 0.1) is 5.92 Å². The molecule has 1 aromatic carbocycles. The maximum atomic E-state index is 11.4. The molecule has 0 spiro atoms. The van der Waals surface area contributed by atoms with Crippen LogP contribution in [0.2, 0.25) is 0 Å². The van der Waals surface area contributed by atoms with Crippen molar-refractivity contribution in [2.24, 2.45) is 5.92 Å². The monoisotopic (exact) mass is 266 g/mol. The number of carboxylic acids is 1. The van der Waals surface area contributed by atoms with E-state index in [1.807, 2.05) is 0 Å². The molecule has 0 amide bonds. The van der Waals surface area contributed by atoms with Gasteiger partial charge in [-0.05, 0) is 17.7 Å². The lowest BCUT2D eigenvalue weighted by Gasteiger charge is -2.14. The predicted octanol–water partition coefficient (Wildman–Crippen LogP) is 1.04. The summed E-state index contributed by atoms with van der Waals surface area (Å²) in [4.78, 5) is 22.5. The molecule has 2 atom stereocenters. The van der Waals surface area contributed by atoms with Gasteiger partial charge in [-0.25, -0.2) is 0 Å². The van der Waals surface area contributed by atoms with Gasteiger partial charge in [-0.15, -0.1) is 0 Å². The summed E-state index contributed by atoms with van der Waals surface area (Å²) in [5.74, 6) is -2.52. The Balaban J connectivity index is 2.36. The van der Waals surface area contributed by atoms with Crippen LogP contribution in [0.25, 0.3) is 0 Å². The number of cyclic esters (lactones) is 1. The fourth-order valence-electron chi connectivity index (χ4n) is 2.17. The Morgan fingerprint density at radius 3 is 2.58 bits per heavy atom. The molecule has 0 unspecified atom stereocenters. The molecule has 19 heavy (non-hydrogen) atoms. The van der Waals surface area contributed by atoms with Crippen molar-refractivity contribution in [3.63, 3.8) is 0 Å². The summed E-state index contributed by atoms with van der Waals surface area (Å²) in [5, 5.41) is 9.09. The van der Waals surface area contributed by atoms with Crippen LogP contribution in [0.4, 0.5) is 0 Å². The van der Waals surface area contributed by atoms with E-state index in [0.717, 1.165) is 0 Å². The maximum Gasteiger partial charge on any atom is 0.321 e. The Morgan fingerprint density at radius 1 is 1.32 bits per heavy atom. The third kappa shape index (κ3) is 2.33. The molecule has 6 nitrogen and oxygen atoms in total. The Morgan fingerprint density at radius 2 is 2.00 bits per heavy atom. The van der Waals surface area contributed by atoms with Gasteiger partial charge < -0.3 is 19.3 Å². The van der Waals surface area contributed by atoms with E-state index < -0.39 is 23.8 Å². The second-order valence-electron chi connectivity index (χ2n) is 4.17. The predicted molar refractivity (Wildman–Crippen MR) is 64.4 cm³/mol. The van der Waals surface area contributed by atoms with E-state index in [2.05, 4.69) is 0 Å². The number of ether oxygens (including phenoxy) is 3. The number of carbonyl (C=O) groups excluding carboxylic acids is 1. The first-order valence-corrected chi connectivity index (χ1v) is 5.70. The Kier molecular flexibility index (Phi) is 3.59. The highest BCUT2D eigenvalue weighted by molar-refractivity contribution is 5.96. The van der Waals surface area contributed by atoms with Crippen LogP contribution in [0.5, 0.6) is 11.5 Å². The minimum absolute atomic E-state index is 0.0608. The van der Waals surface area contributed by atoms with Gasteiger partial charge in [0.25, 0.3) is 0 Å². The van der Waals surface area contributed by atoms with E-state index in [1.54, 1.807) is 18.2 Å². The van der Waals surface area contributed by atoms with E-state index >= 15 is 0 Å². The van der Waals surface area contributed by atoms with Crippen LogP contribution >= 0.6 is 0 Å². The SMILES string of the molecule is COc1ccc([C@@H]2COC(=O)[C@H]2C(=O)O)cc1OC. The topological polar surface area (TPSA) is 82.1 Å². The van der Waals surface area contributed by atoms with Crippen LogP contribution in [0.3, 0.4) is 0 Å². The molecule has 1 aliphatic heterocycles. The minimum Gasteiger partial charge on any atom is -0.493 e. The van der Waals surface area contributed by atoms with Crippen LogP contribution in [0.1, 0.15) is 11.5 Å². The van der Waals surface area contributed by atoms with E-state index in [4.69, 9.17) is 19.3 Å². The Labute approximate surface area is 109 Å². The summed E-state index contributed by atoms with van der Waals surface area (Å²) in [6.07, 6.45) is 0. The molecule has 102 valence electrons. The van der Waals surface area contributed by atoms with Crippen molar-refractivity contribution in [2.75, 3.05) is 20.8 Å². The smallest absolute Gasteiger partial charge is 0.321 e. The summed E-state index contributed by atoms with van der Waals surface area (Å²) >= 11 is 0. The fourth-order valence-corrected chi connectivity index (χ4v) is 2.17. The zero-order chi connectivity index (χ0) is 14.0. The lowest BCUT2D eigenvalue weighted by Crippen LogP contribution is -2.24.